The average Bonchev–Trinajstić information content (AvgIpc) is 2.47. The fraction of sp³-hybridized carbons (Fsp3) is 0.278. The van der Waals surface area contributed by atoms with E-state index in [9.17, 15) is 13.6 Å². The van der Waals surface area contributed by atoms with Crippen molar-refractivity contribution in [2.75, 3.05) is 7.11 Å². The van der Waals surface area contributed by atoms with Gasteiger partial charge in [0.1, 0.15) is 11.6 Å². The minimum absolute atomic E-state index is 0.0163. The van der Waals surface area contributed by atoms with Gasteiger partial charge in [-0.3, -0.25) is 4.79 Å². The molecule has 2 aromatic carbocycles. The number of hydrogen-bond acceptors (Lipinski definition) is 2. The Labute approximate surface area is 134 Å². The predicted octanol–water partition coefficient (Wildman–Crippen LogP) is 3.92. The maximum Gasteiger partial charge on any atom is 0.251 e. The van der Waals surface area contributed by atoms with E-state index >= 15 is 0 Å². The zero-order chi connectivity index (χ0) is 17.0. The number of ether oxygens (including phenoxy) is 1. The Balaban J connectivity index is 2.46. The summed E-state index contributed by atoms with van der Waals surface area (Å²) in [5.74, 6) is -1.49. The zero-order valence-corrected chi connectivity index (χ0v) is 13.3. The highest BCUT2D eigenvalue weighted by Gasteiger charge is 2.14. The fourth-order valence-electron chi connectivity index (χ4n) is 2.33. The van der Waals surface area contributed by atoms with Gasteiger partial charge < -0.3 is 10.1 Å². The van der Waals surface area contributed by atoms with Gasteiger partial charge in [0, 0.05) is 30.3 Å². The Morgan fingerprint density at radius 1 is 1.13 bits per heavy atom. The Morgan fingerprint density at radius 3 is 2.43 bits per heavy atom. The number of methoxy groups -OCH3 is 1. The van der Waals surface area contributed by atoms with Gasteiger partial charge in [-0.25, -0.2) is 8.78 Å². The molecule has 0 fully saturated rings. The van der Waals surface area contributed by atoms with Crippen molar-refractivity contribution in [2.45, 2.75) is 26.5 Å². The molecule has 23 heavy (non-hydrogen) atoms. The lowest BCUT2D eigenvalue weighted by Gasteiger charge is -2.13. The van der Waals surface area contributed by atoms with Gasteiger partial charge in [0.2, 0.25) is 0 Å². The van der Waals surface area contributed by atoms with Crippen molar-refractivity contribution in [3.8, 4) is 11.1 Å². The van der Waals surface area contributed by atoms with Gasteiger partial charge in [0.15, 0.2) is 0 Å². The summed E-state index contributed by atoms with van der Waals surface area (Å²) in [6.45, 7) is 3.96. The van der Waals surface area contributed by atoms with Crippen molar-refractivity contribution in [1.82, 2.24) is 5.32 Å². The van der Waals surface area contributed by atoms with Gasteiger partial charge in [-0.1, -0.05) is 6.07 Å². The Morgan fingerprint density at radius 2 is 1.83 bits per heavy atom. The standard InChI is InChI=1S/C18H19F2NO2/c1-11(2)21-18(22)12-4-6-15(13(8-12)10-23-3)16-7-5-14(19)9-17(16)20/h4-9,11H,10H2,1-3H3,(H,21,22). The molecule has 0 unspecified atom stereocenters. The van der Waals surface area contributed by atoms with E-state index in [2.05, 4.69) is 5.32 Å². The molecule has 1 amide bonds. The molecule has 0 aliphatic heterocycles. The molecule has 0 spiro atoms. The van der Waals surface area contributed by atoms with Crippen LogP contribution in [0.1, 0.15) is 29.8 Å². The molecule has 0 heterocycles. The van der Waals surface area contributed by atoms with E-state index in [1.54, 1.807) is 18.2 Å². The topological polar surface area (TPSA) is 38.3 Å². The molecule has 5 heteroatoms. The molecule has 2 rings (SSSR count). The second-order valence-electron chi connectivity index (χ2n) is 5.56. The van der Waals surface area contributed by atoms with Crippen LogP contribution in [0.4, 0.5) is 8.78 Å². The quantitative estimate of drug-likeness (QED) is 0.907. The monoisotopic (exact) mass is 319 g/mol. The van der Waals surface area contributed by atoms with Crippen molar-refractivity contribution in [2.24, 2.45) is 0 Å². The number of amides is 1. The molecule has 0 radical (unpaired) electrons. The summed E-state index contributed by atoms with van der Waals surface area (Å²) in [5, 5.41) is 2.80. The number of rotatable bonds is 5. The van der Waals surface area contributed by atoms with E-state index < -0.39 is 11.6 Å². The normalized spacial score (nSPS) is 10.9. The van der Waals surface area contributed by atoms with Crippen LogP contribution in [0.15, 0.2) is 36.4 Å². The van der Waals surface area contributed by atoms with E-state index in [1.807, 2.05) is 13.8 Å². The predicted molar refractivity (Wildman–Crippen MR) is 85.1 cm³/mol. The molecule has 0 saturated heterocycles. The first-order valence-electron chi connectivity index (χ1n) is 7.30. The summed E-state index contributed by atoms with van der Waals surface area (Å²) in [7, 11) is 1.52. The van der Waals surface area contributed by atoms with Gasteiger partial charge in [-0.05, 0) is 49.2 Å². The summed E-state index contributed by atoms with van der Waals surface area (Å²) < 4.78 is 32.3. The Hall–Kier alpha value is -2.27. The summed E-state index contributed by atoms with van der Waals surface area (Å²) in [6.07, 6.45) is 0. The van der Waals surface area contributed by atoms with Crippen LogP contribution < -0.4 is 5.32 Å². The van der Waals surface area contributed by atoms with E-state index in [-0.39, 0.29) is 24.1 Å². The van der Waals surface area contributed by atoms with Crippen molar-refractivity contribution in [1.29, 1.82) is 0 Å². The van der Waals surface area contributed by atoms with Gasteiger partial charge in [-0.2, -0.15) is 0 Å². The molecule has 0 aliphatic rings. The highest BCUT2D eigenvalue weighted by Crippen LogP contribution is 2.28. The second-order valence-corrected chi connectivity index (χ2v) is 5.56. The third-order valence-corrected chi connectivity index (χ3v) is 3.31. The largest absolute Gasteiger partial charge is 0.380 e. The third kappa shape index (κ3) is 4.13. The van der Waals surface area contributed by atoms with E-state index in [1.165, 1.54) is 19.2 Å². The molecule has 0 bridgehead atoms. The van der Waals surface area contributed by atoms with Gasteiger partial charge in [0.25, 0.3) is 5.91 Å². The highest BCUT2D eigenvalue weighted by atomic mass is 19.1. The zero-order valence-electron chi connectivity index (χ0n) is 13.3. The van der Waals surface area contributed by atoms with Crippen LogP contribution in [0.25, 0.3) is 11.1 Å². The summed E-state index contributed by atoms with van der Waals surface area (Å²) in [4.78, 5) is 12.1. The lowest BCUT2D eigenvalue weighted by Crippen LogP contribution is -2.30. The number of hydrogen-bond donors (Lipinski definition) is 1. The minimum atomic E-state index is -0.651. The van der Waals surface area contributed by atoms with Crippen LogP contribution in [-0.2, 0) is 11.3 Å². The van der Waals surface area contributed by atoms with Crippen molar-refractivity contribution < 1.29 is 18.3 Å². The Kier molecular flexibility index (Phi) is 5.45. The van der Waals surface area contributed by atoms with Crippen LogP contribution in [0.5, 0.6) is 0 Å². The van der Waals surface area contributed by atoms with Crippen molar-refractivity contribution in [3.63, 3.8) is 0 Å². The lowest BCUT2D eigenvalue weighted by atomic mass is 9.97. The number of benzene rings is 2. The molecule has 3 nitrogen and oxygen atoms in total. The smallest absolute Gasteiger partial charge is 0.251 e. The first kappa shape index (κ1) is 17.1. The number of nitrogens with one attached hydrogen (secondary N) is 1. The van der Waals surface area contributed by atoms with E-state index in [0.717, 1.165) is 6.07 Å². The summed E-state index contributed by atoms with van der Waals surface area (Å²) >= 11 is 0. The van der Waals surface area contributed by atoms with Gasteiger partial charge in [-0.15, -0.1) is 0 Å². The molecule has 0 aromatic heterocycles. The van der Waals surface area contributed by atoms with Crippen LogP contribution in [0, 0.1) is 11.6 Å². The summed E-state index contributed by atoms with van der Waals surface area (Å²) in [5.41, 5.74) is 1.98. The molecule has 0 atom stereocenters. The van der Waals surface area contributed by atoms with Crippen molar-refractivity contribution >= 4 is 5.91 Å². The first-order chi connectivity index (χ1) is 10.9. The van der Waals surface area contributed by atoms with E-state index in [0.29, 0.717) is 16.7 Å². The molecule has 122 valence electrons. The second kappa shape index (κ2) is 7.33. The lowest BCUT2D eigenvalue weighted by molar-refractivity contribution is 0.0943. The minimum Gasteiger partial charge on any atom is -0.380 e. The molecular weight excluding hydrogens is 300 g/mol. The van der Waals surface area contributed by atoms with Crippen LogP contribution in [0.3, 0.4) is 0 Å². The molecule has 2 aromatic rings. The molecule has 0 saturated carbocycles. The number of halogens is 2. The van der Waals surface area contributed by atoms with Gasteiger partial charge >= 0.3 is 0 Å². The fourth-order valence-corrected chi connectivity index (χ4v) is 2.33. The van der Waals surface area contributed by atoms with Crippen LogP contribution >= 0.6 is 0 Å². The Bertz CT molecular complexity index is 714. The first-order valence-corrected chi connectivity index (χ1v) is 7.30. The molecular formula is C18H19F2NO2. The SMILES string of the molecule is COCc1cc(C(=O)NC(C)C)ccc1-c1ccc(F)cc1F. The third-order valence-electron chi connectivity index (χ3n) is 3.31. The van der Waals surface area contributed by atoms with Crippen LogP contribution in [0.2, 0.25) is 0 Å². The number of carbonyl (C=O) groups excluding carboxylic acids is 1. The maximum absolute atomic E-state index is 14.0. The van der Waals surface area contributed by atoms with E-state index in [4.69, 9.17) is 4.74 Å². The van der Waals surface area contributed by atoms with Gasteiger partial charge in [0.05, 0.1) is 6.61 Å². The van der Waals surface area contributed by atoms with Crippen LogP contribution in [-0.4, -0.2) is 19.1 Å². The highest BCUT2D eigenvalue weighted by molar-refractivity contribution is 5.95. The van der Waals surface area contributed by atoms with Crippen molar-refractivity contribution in [3.05, 3.63) is 59.2 Å². The summed E-state index contributed by atoms with van der Waals surface area (Å²) in [6, 6.07) is 8.38. The number of carbonyl (C=O) groups is 1. The molecule has 1 N–H and O–H groups in total. The maximum atomic E-state index is 14.0. The average molecular weight is 319 g/mol. The molecule has 0 aliphatic carbocycles.